The summed E-state index contributed by atoms with van der Waals surface area (Å²) in [7, 11) is -9.93. The van der Waals surface area contributed by atoms with Crippen molar-refractivity contribution < 1.29 is 80.2 Å². The predicted molar refractivity (Wildman–Crippen MR) is 428 cm³/mol. The van der Waals surface area contributed by atoms with Crippen LogP contribution in [0.25, 0.3) is 0 Å². The molecule has 0 saturated heterocycles. The van der Waals surface area contributed by atoms with Crippen LogP contribution in [0, 0.1) is 5.92 Å². The maximum Gasteiger partial charge on any atom is 0.472 e. The Bertz CT molecular complexity index is 1980. The van der Waals surface area contributed by atoms with Crippen LogP contribution in [0.5, 0.6) is 0 Å². The summed E-state index contributed by atoms with van der Waals surface area (Å²) in [6.45, 7) is 7.38. The van der Waals surface area contributed by atoms with Crippen LogP contribution < -0.4 is 0 Å². The maximum absolute atomic E-state index is 13.1. The molecule has 0 aromatic heterocycles. The van der Waals surface area contributed by atoms with E-state index < -0.39 is 97.5 Å². The third-order valence-electron chi connectivity index (χ3n) is 20.0. The fraction of sp³-hybridized carbons (Fsp3) is 0.953. The Labute approximate surface area is 638 Å². The van der Waals surface area contributed by atoms with E-state index in [0.29, 0.717) is 25.7 Å². The van der Waals surface area contributed by atoms with Crippen LogP contribution in [0.4, 0.5) is 0 Å². The lowest BCUT2D eigenvalue weighted by Gasteiger charge is -2.21. The van der Waals surface area contributed by atoms with Crippen molar-refractivity contribution in [2.45, 2.75) is 477 Å². The van der Waals surface area contributed by atoms with E-state index in [-0.39, 0.29) is 25.7 Å². The van der Waals surface area contributed by atoms with E-state index in [1.807, 2.05) is 0 Å². The summed E-state index contributed by atoms with van der Waals surface area (Å²) in [5.41, 5.74) is 0. The number of aliphatic hydroxyl groups is 1. The Morgan fingerprint density at radius 2 is 0.442 bits per heavy atom. The minimum atomic E-state index is -4.96. The highest BCUT2D eigenvalue weighted by molar-refractivity contribution is 7.47. The number of hydrogen-bond acceptors (Lipinski definition) is 15. The quantitative estimate of drug-likeness (QED) is 0.0222. The molecule has 104 heavy (non-hydrogen) atoms. The van der Waals surface area contributed by atoms with Crippen molar-refractivity contribution in [1.29, 1.82) is 0 Å². The van der Waals surface area contributed by atoms with E-state index in [1.165, 1.54) is 283 Å². The van der Waals surface area contributed by atoms with Crippen LogP contribution in [0.1, 0.15) is 458 Å². The number of esters is 4. The van der Waals surface area contributed by atoms with E-state index in [2.05, 4.69) is 34.6 Å². The van der Waals surface area contributed by atoms with Crippen LogP contribution in [0.2, 0.25) is 0 Å². The number of ether oxygens (including phenoxy) is 4. The summed E-state index contributed by atoms with van der Waals surface area (Å²) >= 11 is 0. The molecule has 17 nitrogen and oxygen atoms in total. The van der Waals surface area contributed by atoms with Crippen molar-refractivity contribution in [3.8, 4) is 0 Å². The molecule has 2 unspecified atom stereocenters. The summed E-state index contributed by atoms with van der Waals surface area (Å²) in [6, 6.07) is 0. The smallest absolute Gasteiger partial charge is 0.462 e. The average molecular weight is 1520 g/mol. The molecule has 0 spiro atoms. The van der Waals surface area contributed by atoms with Gasteiger partial charge in [-0.1, -0.05) is 407 Å². The molecule has 618 valence electrons. The topological polar surface area (TPSA) is 237 Å². The molecular formula is C85H166O17P2. The van der Waals surface area contributed by atoms with Gasteiger partial charge in [-0.05, 0) is 31.6 Å². The van der Waals surface area contributed by atoms with Gasteiger partial charge in [0.25, 0.3) is 0 Å². The van der Waals surface area contributed by atoms with Crippen LogP contribution >= 0.6 is 15.6 Å². The number of phosphoric acid groups is 2. The van der Waals surface area contributed by atoms with Gasteiger partial charge in [0.1, 0.15) is 19.3 Å². The number of aliphatic hydroxyl groups excluding tert-OH is 1. The van der Waals surface area contributed by atoms with Crippen LogP contribution in [0.3, 0.4) is 0 Å². The van der Waals surface area contributed by atoms with Crippen molar-refractivity contribution in [3.63, 3.8) is 0 Å². The normalized spacial score (nSPS) is 13.8. The van der Waals surface area contributed by atoms with Crippen LogP contribution in [-0.2, 0) is 65.4 Å². The molecule has 0 aliphatic rings. The lowest BCUT2D eigenvalue weighted by molar-refractivity contribution is -0.161. The van der Waals surface area contributed by atoms with Gasteiger partial charge in [0.15, 0.2) is 12.2 Å². The van der Waals surface area contributed by atoms with Gasteiger partial charge in [-0.3, -0.25) is 37.3 Å². The number of carbonyl (C=O) groups excluding carboxylic acids is 4. The molecule has 5 atom stereocenters. The first-order valence-corrected chi connectivity index (χ1v) is 47.1. The van der Waals surface area contributed by atoms with Gasteiger partial charge >= 0.3 is 39.5 Å². The summed E-state index contributed by atoms with van der Waals surface area (Å²) < 4.78 is 68.9. The van der Waals surface area contributed by atoms with Crippen molar-refractivity contribution >= 4 is 39.5 Å². The van der Waals surface area contributed by atoms with Gasteiger partial charge in [-0.15, -0.1) is 0 Å². The molecule has 0 amide bonds. The molecule has 0 aromatic carbocycles. The third-order valence-corrected chi connectivity index (χ3v) is 21.9. The SMILES string of the molecule is CCCCCCCCCCCCCCCCCCCCCCCC(=O)O[C@H](COC(=O)CCCCCCCCCCCCCCCC(C)C)COP(=O)(O)OC[C@@H](O)COP(=O)(O)OC[C@@H](COC(=O)CCCCCCCCCCCCCC)OC(=O)CCCCCCCCCCCCCCCCC. The number of rotatable bonds is 85. The lowest BCUT2D eigenvalue weighted by Crippen LogP contribution is -2.30. The molecule has 0 aromatic rings. The molecule has 0 aliphatic carbocycles. The average Bonchev–Trinajstić information content (AvgIpc) is 0.922. The number of carbonyl (C=O) groups is 4. The molecule has 3 N–H and O–H groups in total. The predicted octanol–water partition coefficient (Wildman–Crippen LogP) is 26.0. The minimum absolute atomic E-state index is 0.109. The standard InChI is InChI=1S/C85H166O17P2/c1-6-9-12-15-18-21-24-27-29-30-31-32-33-34-36-40-46-51-56-61-66-71-85(90)102-81(75-96-83(88)69-64-59-54-49-44-41-37-38-42-47-52-57-62-67-78(4)5)77-100-104(93,94)98-73-79(86)72-97-103(91,92)99-76-80(74-95-82(87)68-63-58-53-48-43-26-23-20-17-14-11-8-3)101-84(89)70-65-60-55-50-45-39-35-28-25-22-19-16-13-10-7-2/h78-81,86H,6-77H2,1-5H3,(H,91,92)(H,93,94)/t79-,80+,81+/m0/s1. The zero-order valence-electron chi connectivity index (χ0n) is 68.2. The zero-order chi connectivity index (χ0) is 76.2. The first-order chi connectivity index (χ1) is 50.5. The Morgan fingerprint density at radius 3 is 0.654 bits per heavy atom. The summed E-state index contributed by atoms with van der Waals surface area (Å²) in [6.07, 6.45) is 70.7. The highest BCUT2D eigenvalue weighted by Crippen LogP contribution is 2.45. The fourth-order valence-electron chi connectivity index (χ4n) is 13.3. The highest BCUT2D eigenvalue weighted by atomic mass is 31.2. The minimum Gasteiger partial charge on any atom is -0.462 e. The Balaban J connectivity index is 5.24. The highest BCUT2D eigenvalue weighted by Gasteiger charge is 2.30. The summed E-state index contributed by atoms with van der Waals surface area (Å²) in [5.74, 6) is -1.31. The molecule has 0 saturated carbocycles. The Morgan fingerprint density at radius 1 is 0.260 bits per heavy atom. The van der Waals surface area contributed by atoms with E-state index in [9.17, 15) is 43.2 Å². The van der Waals surface area contributed by atoms with Crippen LogP contribution in [0.15, 0.2) is 0 Å². The second-order valence-corrected chi connectivity index (χ2v) is 34.0. The molecule has 0 fully saturated rings. The molecule has 0 rings (SSSR count). The molecule has 0 aliphatic heterocycles. The van der Waals surface area contributed by atoms with E-state index >= 15 is 0 Å². The molecule has 0 radical (unpaired) electrons. The first-order valence-electron chi connectivity index (χ1n) is 44.1. The molecule has 0 bridgehead atoms. The zero-order valence-corrected chi connectivity index (χ0v) is 70.0. The van der Waals surface area contributed by atoms with Gasteiger partial charge in [0.2, 0.25) is 0 Å². The van der Waals surface area contributed by atoms with Gasteiger partial charge in [-0.25, -0.2) is 9.13 Å². The van der Waals surface area contributed by atoms with Gasteiger partial charge in [0, 0.05) is 25.7 Å². The monoisotopic (exact) mass is 1520 g/mol. The number of hydrogen-bond donors (Lipinski definition) is 3. The van der Waals surface area contributed by atoms with Gasteiger partial charge in [0.05, 0.1) is 26.4 Å². The summed E-state index contributed by atoms with van der Waals surface area (Å²) in [4.78, 5) is 73.2. The largest absolute Gasteiger partial charge is 0.472 e. The summed E-state index contributed by atoms with van der Waals surface area (Å²) in [5, 5.41) is 10.7. The van der Waals surface area contributed by atoms with Crippen molar-refractivity contribution in [2.24, 2.45) is 5.92 Å². The fourth-order valence-corrected chi connectivity index (χ4v) is 14.9. The second kappa shape index (κ2) is 77.8. The molecule has 19 heteroatoms. The number of unbranched alkanes of at least 4 members (excludes halogenated alkanes) is 57. The van der Waals surface area contributed by atoms with Crippen molar-refractivity contribution in [2.75, 3.05) is 39.6 Å². The molecule has 0 heterocycles. The van der Waals surface area contributed by atoms with E-state index in [0.717, 1.165) is 95.8 Å². The van der Waals surface area contributed by atoms with Gasteiger partial charge < -0.3 is 33.8 Å². The maximum atomic E-state index is 13.1. The van der Waals surface area contributed by atoms with Crippen molar-refractivity contribution in [1.82, 2.24) is 0 Å². The van der Waals surface area contributed by atoms with Crippen molar-refractivity contribution in [3.05, 3.63) is 0 Å². The Kier molecular flexibility index (Phi) is 76.3. The number of phosphoric ester groups is 2. The van der Waals surface area contributed by atoms with Gasteiger partial charge in [-0.2, -0.15) is 0 Å². The van der Waals surface area contributed by atoms with E-state index in [4.69, 9.17) is 37.0 Å². The van der Waals surface area contributed by atoms with Crippen LogP contribution in [-0.4, -0.2) is 96.7 Å². The first kappa shape index (κ1) is 102. The second-order valence-electron chi connectivity index (χ2n) is 31.1. The third kappa shape index (κ3) is 78.2. The molecular weight excluding hydrogens is 1350 g/mol. The Hall–Kier alpha value is -1.94. The van der Waals surface area contributed by atoms with E-state index in [1.54, 1.807) is 0 Å². The lowest BCUT2D eigenvalue weighted by atomic mass is 10.0.